The van der Waals surface area contributed by atoms with Crippen LogP contribution in [0.3, 0.4) is 0 Å². The van der Waals surface area contributed by atoms with E-state index in [1.807, 2.05) is 25.1 Å². The van der Waals surface area contributed by atoms with Crippen molar-refractivity contribution in [3.05, 3.63) is 48.5 Å². The van der Waals surface area contributed by atoms with Crippen molar-refractivity contribution in [1.82, 2.24) is 9.97 Å². The highest BCUT2D eigenvalue weighted by atomic mass is 14.6. The first-order valence-electron chi connectivity index (χ1n) is 4.61. The number of aryl methyl sites for hydroxylation is 1. The Kier molecular flexibility index (Phi) is 1.75. The van der Waals surface area contributed by atoms with Gasteiger partial charge in [0.25, 0.3) is 0 Å². The summed E-state index contributed by atoms with van der Waals surface area (Å²) in [6, 6.07) is 6.15. The lowest BCUT2D eigenvalue weighted by atomic mass is 10.1. The van der Waals surface area contributed by atoms with E-state index in [-0.39, 0.29) is 0 Å². The lowest BCUT2D eigenvalue weighted by molar-refractivity contribution is 1.20. The highest BCUT2D eigenvalue weighted by Gasteiger charge is 1.95. The highest BCUT2D eigenvalue weighted by Crippen LogP contribution is 2.17. The summed E-state index contributed by atoms with van der Waals surface area (Å²) in [5, 5.41) is 0. The molecule has 64 valence electrons. The van der Waals surface area contributed by atoms with E-state index in [1.165, 1.54) is 0 Å². The fourth-order valence-corrected chi connectivity index (χ4v) is 1.19. The zero-order valence-electron chi connectivity index (χ0n) is 8.36. The minimum absolute atomic E-state index is 0.446. The molecule has 0 aliphatic carbocycles. The molecule has 2 aromatic rings. The first-order valence-corrected chi connectivity index (χ1v) is 4.11. The monoisotopic (exact) mass is 171 g/mol. The van der Waals surface area contributed by atoms with Gasteiger partial charge in [-0.2, -0.15) is 0 Å². The van der Waals surface area contributed by atoms with Gasteiger partial charge in [0.1, 0.15) is 0 Å². The minimum atomic E-state index is 0.446. The molecular weight excluding hydrogens is 160 g/mol. The van der Waals surface area contributed by atoms with Gasteiger partial charge in [-0.25, -0.2) is 0 Å². The molecule has 0 spiro atoms. The molecule has 0 atom stereocenters. The summed E-state index contributed by atoms with van der Waals surface area (Å²) in [7, 11) is 0. The standard InChI is InChI=1S/C11H10N2/c1-9-8-11(4-7-13-9)10-2-5-12-6-3-10/h2-8H,1H3/i4D. The normalized spacial score (nSPS) is 11.0. The summed E-state index contributed by atoms with van der Waals surface area (Å²) in [6.07, 6.45) is 5.03. The highest BCUT2D eigenvalue weighted by molar-refractivity contribution is 5.62. The number of aromatic nitrogens is 2. The van der Waals surface area contributed by atoms with Gasteiger partial charge >= 0.3 is 0 Å². The Labute approximate surface area is 78.7 Å². The molecule has 2 heteroatoms. The maximum atomic E-state index is 7.72. The number of pyridine rings is 2. The Morgan fingerprint density at radius 2 is 1.92 bits per heavy atom. The maximum Gasteiger partial charge on any atom is 0.0646 e. The van der Waals surface area contributed by atoms with Crippen LogP contribution in [-0.2, 0) is 0 Å². The van der Waals surface area contributed by atoms with Crippen LogP contribution in [0.2, 0.25) is 0 Å². The average molecular weight is 171 g/mol. The fourth-order valence-electron chi connectivity index (χ4n) is 1.19. The van der Waals surface area contributed by atoms with E-state index in [0.717, 1.165) is 16.8 Å². The van der Waals surface area contributed by atoms with Gasteiger partial charge in [-0.3, -0.25) is 9.97 Å². The van der Waals surface area contributed by atoms with Gasteiger partial charge < -0.3 is 0 Å². The van der Waals surface area contributed by atoms with Crippen molar-refractivity contribution in [2.24, 2.45) is 0 Å². The van der Waals surface area contributed by atoms with E-state index in [0.29, 0.717) is 6.04 Å². The summed E-state index contributed by atoms with van der Waals surface area (Å²) < 4.78 is 7.72. The van der Waals surface area contributed by atoms with Crippen molar-refractivity contribution in [3.8, 4) is 11.1 Å². The number of hydrogen-bond donors (Lipinski definition) is 0. The summed E-state index contributed by atoms with van der Waals surface area (Å²) in [5.41, 5.74) is 2.84. The van der Waals surface area contributed by atoms with Crippen LogP contribution < -0.4 is 0 Å². The maximum absolute atomic E-state index is 7.72. The van der Waals surface area contributed by atoms with Crippen LogP contribution >= 0.6 is 0 Å². The van der Waals surface area contributed by atoms with Gasteiger partial charge in [0, 0.05) is 24.3 Å². The molecule has 2 nitrogen and oxygen atoms in total. The lowest BCUT2D eigenvalue weighted by Gasteiger charge is -2.00. The smallest absolute Gasteiger partial charge is 0.0646 e. The van der Waals surface area contributed by atoms with Gasteiger partial charge in [-0.05, 0) is 42.3 Å². The molecule has 0 aliphatic heterocycles. The van der Waals surface area contributed by atoms with Crippen LogP contribution in [0.1, 0.15) is 7.06 Å². The van der Waals surface area contributed by atoms with Crippen LogP contribution in [0.5, 0.6) is 0 Å². The molecule has 0 fully saturated rings. The molecular formula is C11H10N2. The topological polar surface area (TPSA) is 25.8 Å². The first-order chi connectivity index (χ1) is 6.77. The van der Waals surface area contributed by atoms with Crippen LogP contribution in [0.15, 0.2) is 42.8 Å². The molecule has 0 bridgehead atoms. The second kappa shape index (κ2) is 3.35. The van der Waals surface area contributed by atoms with Gasteiger partial charge in [-0.1, -0.05) is 0 Å². The van der Waals surface area contributed by atoms with Crippen molar-refractivity contribution >= 4 is 0 Å². The van der Waals surface area contributed by atoms with Gasteiger partial charge in [0.05, 0.1) is 1.37 Å². The quantitative estimate of drug-likeness (QED) is 0.658. The van der Waals surface area contributed by atoms with E-state index >= 15 is 0 Å². The molecule has 0 unspecified atom stereocenters. The van der Waals surface area contributed by atoms with Crippen molar-refractivity contribution < 1.29 is 1.37 Å². The Bertz CT molecular complexity index is 440. The third kappa shape index (κ3) is 1.72. The number of rotatable bonds is 1. The van der Waals surface area contributed by atoms with Crippen molar-refractivity contribution in [3.63, 3.8) is 0 Å². The summed E-state index contributed by atoms with van der Waals surface area (Å²) >= 11 is 0. The molecule has 2 heterocycles. The molecule has 13 heavy (non-hydrogen) atoms. The number of nitrogens with zero attached hydrogens (tertiary/aromatic N) is 2. The Morgan fingerprint density at radius 1 is 1.15 bits per heavy atom. The Hall–Kier alpha value is -1.70. The number of hydrogen-bond acceptors (Lipinski definition) is 2. The van der Waals surface area contributed by atoms with E-state index in [2.05, 4.69) is 9.97 Å². The largest absolute Gasteiger partial charge is 0.265 e. The molecule has 0 aliphatic rings. The molecule has 0 aromatic carbocycles. The van der Waals surface area contributed by atoms with E-state index in [9.17, 15) is 0 Å². The van der Waals surface area contributed by atoms with Gasteiger partial charge in [0.15, 0.2) is 0 Å². The minimum Gasteiger partial charge on any atom is -0.265 e. The fraction of sp³-hybridized carbons (Fsp3) is 0.0909. The van der Waals surface area contributed by atoms with Crippen LogP contribution in [-0.4, -0.2) is 9.97 Å². The zero-order chi connectivity index (χ0) is 9.97. The predicted molar refractivity (Wildman–Crippen MR) is 52.2 cm³/mol. The van der Waals surface area contributed by atoms with Crippen LogP contribution in [0, 0.1) is 6.92 Å². The third-order valence-corrected chi connectivity index (χ3v) is 1.83. The third-order valence-electron chi connectivity index (χ3n) is 1.83. The van der Waals surface area contributed by atoms with Crippen LogP contribution in [0.4, 0.5) is 0 Å². The van der Waals surface area contributed by atoms with Crippen molar-refractivity contribution in [2.45, 2.75) is 6.92 Å². The first kappa shape index (κ1) is 6.78. The van der Waals surface area contributed by atoms with E-state index in [1.54, 1.807) is 18.6 Å². The predicted octanol–water partition coefficient (Wildman–Crippen LogP) is 2.45. The molecule has 0 saturated heterocycles. The molecule has 0 N–H and O–H groups in total. The summed E-state index contributed by atoms with van der Waals surface area (Å²) in [6.45, 7) is 1.92. The second-order valence-electron chi connectivity index (χ2n) is 2.84. The van der Waals surface area contributed by atoms with Crippen molar-refractivity contribution in [2.75, 3.05) is 0 Å². The Balaban J connectivity index is 2.57. The second-order valence-corrected chi connectivity index (χ2v) is 2.84. The SMILES string of the molecule is [2H]c1cnc(C)cc1-c1ccncc1. The zero-order valence-corrected chi connectivity index (χ0v) is 7.36. The lowest BCUT2D eigenvalue weighted by Crippen LogP contribution is -1.82. The Morgan fingerprint density at radius 3 is 2.69 bits per heavy atom. The molecule has 2 rings (SSSR count). The summed E-state index contributed by atoms with van der Waals surface area (Å²) in [4.78, 5) is 8.01. The molecule has 0 radical (unpaired) electrons. The molecule has 0 amide bonds. The summed E-state index contributed by atoms with van der Waals surface area (Å²) in [5.74, 6) is 0. The average Bonchev–Trinajstić information content (AvgIpc) is 2.23. The van der Waals surface area contributed by atoms with E-state index in [4.69, 9.17) is 1.37 Å². The van der Waals surface area contributed by atoms with E-state index < -0.39 is 0 Å². The van der Waals surface area contributed by atoms with Gasteiger partial charge in [-0.15, -0.1) is 0 Å². The molecule has 2 aromatic heterocycles. The van der Waals surface area contributed by atoms with Gasteiger partial charge in [0.2, 0.25) is 0 Å². The molecule has 0 saturated carbocycles. The van der Waals surface area contributed by atoms with Crippen molar-refractivity contribution in [1.29, 1.82) is 0 Å². The van der Waals surface area contributed by atoms with Crippen LogP contribution in [0.25, 0.3) is 11.1 Å².